The summed E-state index contributed by atoms with van der Waals surface area (Å²) in [6, 6.07) is 5.62. The average molecular weight is 179 g/mol. The van der Waals surface area contributed by atoms with Crippen molar-refractivity contribution in [3.8, 4) is 0 Å². The topological polar surface area (TPSA) is 30.0 Å². The van der Waals surface area contributed by atoms with Gasteiger partial charge in [0.15, 0.2) is 0 Å². The molecule has 0 fully saturated rings. The second-order valence-electron chi connectivity index (χ2n) is 3.12. The molecule has 0 spiro atoms. The summed E-state index contributed by atoms with van der Waals surface area (Å²) in [4.78, 5) is 15.4. The summed E-state index contributed by atoms with van der Waals surface area (Å²) in [6.07, 6.45) is 2.17. The average Bonchev–Trinajstić information content (AvgIpc) is 2.06. The Balaban J connectivity index is 0.00000144. The number of pyridine rings is 1. The molecule has 0 unspecified atom stereocenters. The summed E-state index contributed by atoms with van der Waals surface area (Å²) in [6.45, 7) is 3.82. The summed E-state index contributed by atoms with van der Waals surface area (Å²) in [5.74, 6) is 0.348. The first-order chi connectivity index (χ1) is 5.70. The lowest BCUT2D eigenvalue weighted by Gasteiger charge is -2.02. The van der Waals surface area contributed by atoms with Gasteiger partial charge in [-0.1, -0.05) is 27.3 Å². The number of hydrogen-bond acceptors (Lipinski definition) is 2. The minimum atomic E-state index is 0. The SMILES string of the molecule is C.CC(C)C(=O)Cc1ccccn1. The molecule has 72 valence electrons. The van der Waals surface area contributed by atoms with Gasteiger partial charge in [-0.25, -0.2) is 0 Å². The Morgan fingerprint density at radius 1 is 1.46 bits per heavy atom. The fourth-order valence-electron chi connectivity index (χ4n) is 0.885. The van der Waals surface area contributed by atoms with Gasteiger partial charge < -0.3 is 0 Å². The van der Waals surface area contributed by atoms with Crippen LogP contribution in [-0.4, -0.2) is 10.8 Å². The van der Waals surface area contributed by atoms with Crippen LogP contribution in [0.3, 0.4) is 0 Å². The maximum atomic E-state index is 11.3. The highest BCUT2D eigenvalue weighted by atomic mass is 16.1. The van der Waals surface area contributed by atoms with E-state index < -0.39 is 0 Å². The van der Waals surface area contributed by atoms with E-state index in [1.807, 2.05) is 32.0 Å². The summed E-state index contributed by atoms with van der Waals surface area (Å²) in [5, 5.41) is 0. The molecule has 1 heterocycles. The molecule has 0 saturated carbocycles. The normalized spacial score (nSPS) is 9.46. The number of carbonyl (C=O) groups is 1. The number of ketones is 1. The second kappa shape index (κ2) is 5.46. The van der Waals surface area contributed by atoms with Crippen LogP contribution in [0.2, 0.25) is 0 Å². The van der Waals surface area contributed by atoms with Crippen molar-refractivity contribution in [1.29, 1.82) is 0 Å². The fourth-order valence-corrected chi connectivity index (χ4v) is 0.885. The zero-order valence-corrected chi connectivity index (χ0v) is 7.45. The van der Waals surface area contributed by atoms with Crippen molar-refractivity contribution in [3.63, 3.8) is 0 Å². The van der Waals surface area contributed by atoms with Crippen LogP contribution in [0.5, 0.6) is 0 Å². The van der Waals surface area contributed by atoms with Crippen molar-refractivity contribution in [3.05, 3.63) is 30.1 Å². The van der Waals surface area contributed by atoms with Crippen LogP contribution in [-0.2, 0) is 11.2 Å². The number of nitrogens with zero attached hydrogens (tertiary/aromatic N) is 1. The largest absolute Gasteiger partial charge is 0.299 e. The number of aromatic nitrogens is 1. The Morgan fingerprint density at radius 3 is 2.62 bits per heavy atom. The fraction of sp³-hybridized carbons (Fsp3) is 0.455. The number of rotatable bonds is 3. The monoisotopic (exact) mass is 179 g/mol. The first-order valence-electron chi connectivity index (χ1n) is 4.13. The van der Waals surface area contributed by atoms with Crippen molar-refractivity contribution < 1.29 is 4.79 Å². The lowest BCUT2D eigenvalue weighted by molar-refractivity contribution is -0.121. The molecule has 0 aliphatic carbocycles. The zero-order valence-electron chi connectivity index (χ0n) is 7.45. The van der Waals surface area contributed by atoms with Crippen molar-refractivity contribution in [2.75, 3.05) is 0 Å². The minimum Gasteiger partial charge on any atom is -0.299 e. The molecule has 0 bridgehead atoms. The van der Waals surface area contributed by atoms with Crippen LogP contribution >= 0.6 is 0 Å². The highest BCUT2D eigenvalue weighted by Crippen LogP contribution is 2.01. The lowest BCUT2D eigenvalue weighted by Crippen LogP contribution is -2.10. The highest BCUT2D eigenvalue weighted by Gasteiger charge is 2.07. The van der Waals surface area contributed by atoms with Crippen molar-refractivity contribution in [2.24, 2.45) is 5.92 Å². The van der Waals surface area contributed by atoms with E-state index in [9.17, 15) is 4.79 Å². The van der Waals surface area contributed by atoms with Gasteiger partial charge in [-0.2, -0.15) is 0 Å². The van der Waals surface area contributed by atoms with E-state index in [0.717, 1.165) is 5.69 Å². The van der Waals surface area contributed by atoms with Crippen LogP contribution in [0.15, 0.2) is 24.4 Å². The van der Waals surface area contributed by atoms with E-state index in [2.05, 4.69) is 4.98 Å². The summed E-state index contributed by atoms with van der Waals surface area (Å²) < 4.78 is 0. The number of hydrogen-bond donors (Lipinski definition) is 0. The Morgan fingerprint density at radius 2 is 2.15 bits per heavy atom. The van der Waals surface area contributed by atoms with Gasteiger partial charge in [0, 0.05) is 24.2 Å². The van der Waals surface area contributed by atoms with E-state index >= 15 is 0 Å². The lowest BCUT2D eigenvalue weighted by atomic mass is 10.0. The summed E-state index contributed by atoms with van der Waals surface area (Å²) >= 11 is 0. The van der Waals surface area contributed by atoms with Crippen molar-refractivity contribution in [2.45, 2.75) is 27.7 Å². The molecule has 0 N–H and O–H groups in total. The number of Topliss-reactive ketones (excluding diaryl/α,β-unsaturated/α-hetero) is 1. The Bertz CT molecular complexity index is 254. The van der Waals surface area contributed by atoms with Crippen molar-refractivity contribution >= 4 is 5.78 Å². The molecule has 1 rings (SSSR count). The second-order valence-corrected chi connectivity index (χ2v) is 3.12. The first-order valence-corrected chi connectivity index (χ1v) is 4.13. The van der Waals surface area contributed by atoms with Gasteiger partial charge in [-0.3, -0.25) is 9.78 Å². The van der Waals surface area contributed by atoms with Gasteiger partial charge >= 0.3 is 0 Å². The Kier molecular flexibility index (Phi) is 4.97. The van der Waals surface area contributed by atoms with Crippen molar-refractivity contribution in [1.82, 2.24) is 4.98 Å². The van der Waals surface area contributed by atoms with Gasteiger partial charge in [0.05, 0.1) is 0 Å². The zero-order chi connectivity index (χ0) is 8.97. The molecular formula is C11H17NO. The number of carbonyl (C=O) groups excluding carboxylic acids is 1. The van der Waals surface area contributed by atoms with Gasteiger partial charge in [0.25, 0.3) is 0 Å². The van der Waals surface area contributed by atoms with Crippen LogP contribution in [0.25, 0.3) is 0 Å². The molecule has 1 aromatic rings. The van der Waals surface area contributed by atoms with E-state index in [-0.39, 0.29) is 19.1 Å². The molecular weight excluding hydrogens is 162 g/mol. The molecule has 0 radical (unpaired) electrons. The maximum absolute atomic E-state index is 11.3. The molecule has 13 heavy (non-hydrogen) atoms. The van der Waals surface area contributed by atoms with E-state index in [4.69, 9.17) is 0 Å². The van der Waals surface area contributed by atoms with Gasteiger partial charge in [0.2, 0.25) is 0 Å². The minimum absolute atomic E-state index is 0. The predicted octanol–water partition coefficient (Wildman–Crippen LogP) is 2.49. The molecule has 2 nitrogen and oxygen atoms in total. The molecule has 0 amide bonds. The first kappa shape index (κ1) is 11.8. The van der Waals surface area contributed by atoms with E-state index in [1.54, 1.807) is 6.20 Å². The molecule has 2 heteroatoms. The van der Waals surface area contributed by atoms with Crippen LogP contribution in [0.1, 0.15) is 27.0 Å². The predicted molar refractivity (Wildman–Crippen MR) is 54.5 cm³/mol. The highest BCUT2D eigenvalue weighted by molar-refractivity contribution is 5.82. The third-order valence-corrected chi connectivity index (χ3v) is 1.73. The summed E-state index contributed by atoms with van der Waals surface area (Å²) in [7, 11) is 0. The third kappa shape index (κ3) is 3.83. The van der Waals surface area contributed by atoms with Gasteiger partial charge in [-0.15, -0.1) is 0 Å². The molecule has 0 atom stereocenters. The molecule has 0 aliphatic heterocycles. The quantitative estimate of drug-likeness (QED) is 0.713. The smallest absolute Gasteiger partial charge is 0.141 e. The molecule has 0 aliphatic rings. The maximum Gasteiger partial charge on any atom is 0.141 e. The Hall–Kier alpha value is -1.18. The van der Waals surface area contributed by atoms with Crippen LogP contribution < -0.4 is 0 Å². The van der Waals surface area contributed by atoms with Crippen LogP contribution in [0, 0.1) is 5.92 Å². The van der Waals surface area contributed by atoms with E-state index in [1.165, 1.54) is 0 Å². The van der Waals surface area contributed by atoms with Gasteiger partial charge in [0.1, 0.15) is 5.78 Å². The third-order valence-electron chi connectivity index (χ3n) is 1.73. The molecule has 1 aromatic heterocycles. The standard InChI is InChI=1S/C10H13NO.CH4/c1-8(2)10(12)7-9-5-3-4-6-11-9;/h3-6,8H,7H2,1-2H3;1H4. The van der Waals surface area contributed by atoms with Crippen LogP contribution in [0.4, 0.5) is 0 Å². The van der Waals surface area contributed by atoms with Gasteiger partial charge in [-0.05, 0) is 12.1 Å². The summed E-state index contributed by atoms with van der Waals surface area (Å²) in [5.41, 5.74) is 0.858. The Labute approximate surface area is 80.0 Å². The molecule has 0 aromatic carbocycles. The molecule has 0 saturated heterocycles. The van der Waals surface area contributed by atoms with E-state index in [0.29, 0.717) is 6.42 Å².